The normalized spacial score (nSPS) is 11.9. The Morgan fingerprint density at radius 1 is 0.333 bits per heavy atom. The second kappa shape index (κ2) is 22.4. The van der Waals surface area contributed by atoms with Crippen LogP contribution in [0.2, 0.25) is 0 Å². The molecule has 6 aromatic heterocycles. The summed E-state index contributed by atoms with van der Waals surface area (Å²) in [5.41, 5.74) is 3.14. The van der Waals surface area contributed by atoms with Gasteiger partial charge in [-0.3, -0.25) is 0 Å². The van der Waals surface area contributed by atoms with Gasteiger partial charge in [-0.25, -0.2) is 0 Å². The van der Waals surface area contributed by atoms with Crippen molar-refractivity contribution in [3.8, 4) is 39.0 Å². The van der Waals surface area contributed by atoms with Gasteiger partial charge in [0, 0.05) is 58.2 Å². The van der Waals surface area contributed by atoms with Crippen molar-refractivity contribution >= 4 is 77.4 Å². The summed E-state index contributed by atoms with van der Waals surface area (Å²) >= 11 is 12.0. The summed E-state index contributed by atoms with van der Waals surface area (Å²) in [7, 11) is 0. The average Bonchev–Trinajstić information content (AvgIpc) is 4.02. The predicted molar refractivity (Wildman–Crippen MR) is 254 cm³/mol. The van der Waals surface area contributed by atoms with E-state index in [1.54, 1.807) is 11.1 Å². The van der Waals surface area contributed by atoms with Crippen molar-refractivity contribution in [2.75, 3.05) is 0 Å². The van der Waals surface area contributed by atoms with Crippen LogP contribution in [0.25, 0.3) is 48.4 Å². The van der Waals surface area contributed by atoms with E-state index < -0.39 is 0 Å². The van der Waals surface area contributed by atoms with Crippen LogP contribution in [0.1, 0.15) is 163 Å². The highest BCUT2D eigenvalue weighted by Gasteiger charge is 2.20. The van der Waals surface area contributed by atoms with E-state index in [2.05, 4.69) is 76.2 Å². The van der Waals surface area contributed by atoms with Crippen LogP contribution in [-0.4, -0.2) is 0 Å². The number of hydrogen-bond donors (Lipinski definition) is 0. The zero-order valence-corrected chi connectivity index (χ0v) is 38.5. The number of fused-ring (bicyclic) bond motifs is 1. The Labute approximate surface area is 352 Å². The molecule has 0 N–H and O–H groups in total. The lowest BCUT2D eigenvalue weighted by Gasteiger charge is -2.04. The molecule has 0 aliphatic carbocycles. The van der Waals surface area contributed by atoms with E-state index >= 15 is 0 Å². The van der Waals surface area contributed by atoms with Crippen LogP contribution in [0.5, 0.6) is 0 Å². The number of hydrogen-bond acceptors (Lipinski definition) is 6. The Balaban J connectivity index is 1.13. The zero-order chi connectivity index (χ0) is 37.5. The van der Waals surface area contributed by atoms with Crippen LogP contribution < -0.4 is 0 Å². The fourth-order valence-electron chi connectivity index (χ4n) is 7.69. The lowest BCUT2D eigenvalue weighted by molar-refractivity contribution is 0.556. The van der Waals surface area contributed by atoms with Crippen LogP contribution in [0, 0.1) is 13.8 Å². The van der Waals surface area contributed by atoms with Crippen LogP contribution in [0.3, 0.4) is 0 Å². The molecule has 0 aliphatic heterocycles. The number of thiophene rings is 6. The van der Waals surface area contributed by atoms with E-state index in [4.69, 9.17) is 0 Å². The summed E-state index contributed by atoms with van der Waals surface area (Å²) in [6.07, 6.45) is 30.2. The fraction of sp³-hybridized carbons (Fsp3) is 0.542. The van der Waals surface area contributed by atoms with Gasteiger partial charge >= 0.3 is 0 Å². The average molecular weight is 833 g/mol. The first kappa shape index (κ1) is 42.1. The van der Waals surface area contributed by atoms with Gasteiger partial charge in [-0.15, -0.1) is 68.0 Å². The highest BCUT2D eigenvalue weighted by molar-refractivity contribution is 7.34. The van der Waals surface area contributed by atoms with Crippen molar-refractivity contribution in [1.29, 1.82) is 0 Å². The molecular formula is C48H64S6. The molecule has 0 bridgehead atoms. The van der Waals surface area contributed by atoms with E-state index in [0.29, 0.717) is 0 Å². The predicted octanol–water partition coefficient (Wildman–Crippen LogP) is 19.4. The minimum Gasteiger partial charge on any atom is -0.140 e. The molecule has 0 saturated heterocycles. The maximum atomic E-state index is 2.54. The van der Waals surface area contributed by atoms with Gasteiger partial charge in [0.1, 0.15) is 0 Å². The molecule has 0 unspecified atom stereocenters. The summed E-state index contributed by atoms with van der Waals surface area (Å²) in [6, 6.07) is 19.4. The molecule has 6 heteroatoms. The molecule has 0 radical (unpaired) electrons. The van der Waals surface area contributed by atoms with Crippen LogP contribution in [-0.2, 0) is 12.8 Å². The van der Waals surface area contributed by atoms with E-state index in [1.807, 2.05) is 68.0 Å². The summed E-state index contributed by atoms with van der Waals surface area (Å²) in [5.74, 6) is 0. The van der Waals surface area contributed by atoms with Crippen molar-refractivity contribution in [2.45, 2.75) is 169 Å². The molecule has 0 saturated carbocycles. The summed E-state index contributed by atoms with van der Waals surface area (Å²) in [6.45, 7) is 9.09. The first-order valence-corrected chi connectivity index (χ1v) is 26.4. The molecule has 0 amide bonds. The minimum atomic E-state index is 1.20. The Morgan fingerprint density at radius 3 is 1.02 bits per heavy atom. The summed E-state index contributed by atoms with van der Waals surface area (Å²) in [5, 5.41) is 0. The van der Waals surface area contributed by atoms with Gasteiger partial charge in [-0.1, -0.05) is 129 Å². The third kappa shape index (κ3) is 12.2. The number of aryl methyl sites for hydroxylation is 4. The monoisotopic (exact) mass is 832 g/mol. The molecule has 0 atom stereocenters. The van der Waals surface area contributed by atoms with Gasteiger partial charge < -0.3 is 0 Å². The smallest absolute Gasteiger partial charge is 0.0482 e. The molecular weight excluding hydrogens is 769 g/mol. The highest BCUT2D eigenvalue weighted by atomic mass is 32.1. The Morgan fingerprint density at radius 2 is 0.685 bits per heavy atom. The van der Waals surface area contributed by atoms with Gasteiger partial charge in [0.25, 0.3) is 0 Å². The van der Waals surface area contributed by atoms with E-state index in [-0.39, 0.29) is 0 Å². The Kier molecular flexibility index (Phi) is 17.5. The van der Waals surface area contributed by atoms with Gasteiger partial charge in [0.15, 0.2) is 0 Å². The minimum absolute atomic E-state index is 1.20. The van der Waals surface area contributed by atoms with Gasteiger partial charge in [-0.2, -0.15) is 0 Å². The lowest BCUT2D eigenvalue weighted by Crippen LogP contribution is -1.87. The van der Waals surface area contributed by atoms with Gasteiger partial charge in [0.05, 0.1) is 0 Å². The Hall–Kier alpha value is -1.54. The van der Waals surface area contributed by atoms with E-state index in [1.165, 1.54) is 199 Å². The third-order valence-corrected chi connectivity index (χ3v) is 18.2. The van der Waals surface area contributed by atoms with Crippen LogP contribution in [0.4, 0.5) is 0 Å². The largest absolute Gasteiger partial charge is 0.140 e. The molecule has 0 nitrogen and oxygen atoms in total. The molecule has 292 valence electrons. The standard InChI is InChI=1S/C48H64S6/c1-5-7-9-11-13-15-17-19-21-23-25-37-31-41(39-29-27-35(3)49-39)53-47(37)45-33-43-44(51-45)34-46(52-43)48-38(32-42(54-48)40-30-28-36(4)50-40)26-24-22-20-18-16-14-12-10-8-6-2/h27-34H,5-26H2,1-4H3. The van der Waals surface area contributed by atoms with Crippen LogP contribution in [0.15, 0.2) is 48.5 Å². The molecule has 54 heavy (non-hydrogen) atoms. The van der Waals surface area contributed by atoms with Gasteiger partial charge in [-0.05, 0) is 99.2 Å². The van der Waals surface area contributed by atoms with E-state index in [0.717, 1.165) is 0 Å². The maximum absolute atomic E-state index is 2.54. The van der Waals surface area contributed by atoms with Crippen molar-refractivity contribution < 1.29 is 0 Å². The summed E-state index contributed by atoms with van der Waals surface area (Å²) in [4.78, 5) is 14.6. The summed E-state index contributed by atoms with van der Waals surface area (Å²) < 4.78 is 2.92. The van der Waals surface area contributed by atoms with Gasteiger partial charge in [0.2, 0.25) is 0 Å². The molecule has 6 rings (SSSR count). The van der Waals surface area contributed by atoms with Crippen LogP contribution >= 0.6 is 68.0 Å². The molecule has 0 aliphatic rings. The second-order valence-corrected chi connectivity index (χ2v) is 22.4. The SMILES string of the molecule is CCCCCCCCCCCCc1cc(-c2ccc(C)s2)sc1-c1cc2sc(-c3sc(-c4ccc(C)s4)cc3CCCCCCCCCCCC)cc2s1. The molecule has 0 aromatic carbocycles. The quantitative estimate of drug-likeness (QED) is 0.0478. The zero-order valence-electron chi connectivity index (χ0n) is 33.6. The number of unbranched alkanes of at least 4 members (excludes halogenated alkanes) is 18. The first-order valence-electron chi connectivity index (χ1n) is 21.5. The third-order valence-electron chi connectivity index (χ3n) is 10.8. The number of rotatable bonds is 26. The lowest BCUT2D eigenvalue weighted by atomic mass is 10.0. The highest BCUT2D eigenvalue weighted by Crippen LogP contribution is 2.50. The maximum Gasteiger partial charge on any atom is 0.0482 e. The molecule has 6 heterocycles. The second-order valence-electron chi connectivity index (χ2n) is 15.6. The van der Waals surface area contributed by atoms with Crippen molar-refractivity contribution in [3.05, 3.63) is 69.4 Å². The molecule has 0 spiro atoms. The fourth-order valence-corrected chi connectivity index (χ4v) is 14.7. The Bertz CT molecular complexity index is 1780. The molecule has 0 fully saturated rings. The molecule has 6 aromatic rings. The van der Waals surface area contributed by atoms with E-state index in [9.17, 15) is 0 Å². The topological polar surface area (TPSA) is 0 Å². The van der Waals surface area contributed by atoms with Crippen molar-refractivity contribution in [3.63, 3.8) is 0 Å². The first-order chi connectivity index (χ1) is 26.5. The van der Waals surface area contributed by atoms with Crippen molar-refractivity contribution in [2.24, 2.45) is 0 Å². The van der Waals surface area contributed by atoms with Crippen molar-refractivity contribution in [1.82, 2.24) is 0 Å².